The normalized spacial score (nSPS) is 18.6. The Balaban J connectivity index is 0.000000980. The van der Waals surface area contributed by atoms with Crippen LogP contribution < -0.4 is 10.1 Å². The van der Waals surface area contributed by atoms with Gasteiger partial charge in [0.15, 0.2) is 0 Å². The largest absolute Gasteiger partial charge is 0.495 e. The van der Waals surface area contributed by atoms with E-state index in [4.69, 9.17) is 4.74 Å². The zero-order valence-corrected chi connectivity index (χ0v) is 10.5. The number of hydrogen-bond donors (Lipinski definition) is 1. The molecule has 1 aliphatic heterocycles. The van der Waals surface area contributed by atoms with Crippen molar-refractivity contribution in [3.05, 3.63) is 27.7 Å². The maximum absolute atomic E-state index is 5.35. The summed E-state index contributed by atoms with van der Waals surface area (Å²) in [5.41, 5.74) is 2.63. The second-order valence-corrected chi connectivity index (χ2v) is 4.11. The highest BCUT2D eigenvalue weighted by Crippen LogP contribution is 2.37. The summed E-state index contributed by atoms with van der Waals surface area (Å²) in [5.74, 6) is 0.967. The van der Waals surface area contributed by atoms with E-state index < -0.39 is 0 Å². The van der Waals surface area contributed by atoms with Gasteiger partial charge in [-0.05, 0) is 34.5 Å². The van der Waals surface area contributed by atoms with Gasteiger partial charge in [-0.1, -0.05) is 6.07 Å². The van der Waals surface area contributed by atoms with E-state index in [0.717, 1.165) is 16.8 Å². The average Bonchev–Trinajstić information content (AvgIpc) is 2.48. The van der Waals surface area contributed by atoms with Gasteiger partial charge >= 0.3 is 0 Å². The van der Waals surface area contributed by atoms with Crippen LogP contribution in [0.5, 0.6) is 5.75 Å². The Bertz CT molecular complexity index is 343. The van der Waals surface area contributed by atoms with Crippen LogP contribution in [-0.2, 0) is 6.54 Å². The number of ether oxygens (including phenoxy) is 1. The molecule has 0 saturated heterocycles. The van der Waals surface area contributed by atoms with Gasteiger partial charge in [0.1, 0.15) is 5.75 Å². The predicted molar refractivity (Wildman–Crippen MR) is 63.2 cm³/mol. The number of benzene rings is 1. The molecule has 0 unspecified atom stereocenters. The van der Waals surface area contributed by atoms with Crippen LogP contribution in [0.1, 0.15) is 24.1 Å². The van der Waals surface area contributed by atoms with Crippen molar-refractivity contribution in [2.45, 2.75) is 19.5 Å². The summed E-state index contributed by atoms with van der Waals surface area (Å²) in [6, 6.07) is 4.63. The first-order valence-corrected chi connectivity index (χ1v) is 5.12. The standard InChI is InChI=1S/C10H12BrNO.ClH/c1-6-7-3-4-9(11)10(13-2)8(7)5-12-6;/h3-4,6,12H,5H2,1-2H3;1H/t6-;/m0./s1. The molecule has 0 fully saturated rings. The van der Waals surface area contributed by atoms with E-state index in [1.165, 1.54) is 11.1 Å². The number of halogens is 2. The summed E-state index contributed by atoms with van der Waals surface area (Å²) < 4.78 is 6.38. The molecule has 14 heavy (non-hydrogen) atoms. The van der Waals surface area contributed by atoms with E-state index in [0.29, 0.717) is 6.04 Å². The third kappa shape index (κ3) is 1.76. The minimum Gasteiger partial charge on any atom is -0.495 e. The molecule has 0 radical (unpaired) electrons. The maximum Gasteiger partial charge on any atom is 0.137 e. The van der Waals surface area contributed by atoms with Gasteiger partial charge in [-0.25, -0.2) is 0 Å². The summed E-state index contributed by atoms with van der Waals surface area (Å²) in [6.07, 6.45) is 0. The number of nitrogens with one attached hydrogen (secondary N) is 1. The fourth-order valence-corrected chi connectivity index (χ4v) is 2.32. The van der Waals surface area contributed by atoms with Crippen LogP contribution in [0, 0.1) is 0 Å². The van der Waals surface area contributed by atoms with Crippen LogP contribution in [-0.4, -0.2) is 7.11 Å². The molecule has 0 saturated carbocycles. The quantitative estimate of drug-likeness (QED) is 0.852. The lowest BCUT2D eigenvalue weighted by Crippen LogP contribution is -2.06. The second-order valence-electron chi connectivity index (χ2n) is 3.25. The fraction of sp³-hybridized carbons (Fsp3) is 0.400. The van der Waals surface area contributed by atoms with Crippen LogP contribution >= 0.6 is 28.3 Å². The first kappa shape index (κ1) is 11.8. The summed E-state index contributed by atoms with van der Waals surface area (Å²) in [6.45, 7) is 3.07. The third-order valence-electron chi connectivity index (χ3n) is 2.50. The summed E-state index contributed by atoms with van der Waals surface area (Å²) in [5, 5.41) is 3.39. The summed E-state index contributed by atoms with van der Waals surface area (Å²) >= 11 is 3.48. The molecular weight excluding hydrogens is 265 g/mol. The molecule has 1 heterocycles. The first-order valence-electron chi connectivity index (χ1n) is 4.32. The smallest absolute Gasteiger partial charge is 0.137 e. The van der Waals surface area contributed by atoms with Crippen LogP contribution in [0.2, 0.25) is 0 Å². The van der Waals surface area contributed by atoms with Crippen molar-refractivity contribution in [3.63, 3.8) is 0 Å². The van der Waals surface area contributed by atoms with Crippen molar-refractivity contribution >= 4 is 28.3 Å². The average molecular weight is 279 g/mol. The Morgan fingerprint density at radius 2 is 2.21 bits per heavy atom. The minimum atomic E-state index is 0. The van der Waals surface area contributed by atoms with E-state index in [-0.39, 0.29) is 12.4 Å². The molecule has 4 heteroatoms. The Morgan fingerprint density at radius 1 is 1.50 bits per heavy atom. The Kier molecular flexibility index (Phi) is 3.81. The van der Waals surface area contributed by atoms with E-state index >= 15 is 0 Å². The van der Waals surface area contributed by atoms with Crippen LogP contribution in [0.15, 0.2) is 16.6 Å². The minimum absolute atomic E-state index is 0. The van der Waals surface area contributed by atoms with Crippen molar-refractivity contribution < 1.29 is 4.74 Å². The molecule has 0 bridgehead atoms. The monoisotopic (exact) mass is 277 g/mol. The highest BCUT2D eigenvalue weighted by atomic mass is 79.9. The molecule has 0 amide bonds. The lowest BCUT2D eigenvalue weighted by atomic mass is 10.1. The molecule has 78 valence electrons. The van der Waals surface area contributed by atoms with Crippen LogP contribution in [0.3, 0.4) is 0 Å². The molecule has 0 aliphatic carbocycles. The fourth-order valence-electron chi connectivity index (χ4n) is 1.79. The highest BCUT2D eigenvalue weighted by Gasteiger charge is 2.22. The molecule has 1 aromatic carbocycles. The van der Waals surface area contributed by atoms with E-state index in [1.54, 1.807) is 7.11 Å². The summed E-state index contributed by atoms with van der Waals surface area (Å²) in [4.78, 5) is 0. The number of methoxy groups -OCH3 is 1. The molecule has 1 N–H and O–H groups in total. The Labute approximate surface area is 98.6 Å². The van der Waals surface area contributed by atoms with Crippen LogP contribution in [0.4, 0.5) is 0 Å². The van der Waals surface area contributed by atoms with Crippen molar-refractivity contribution in [2.75, 3.05) is 7.11 Å². The molecule has 1 atom stereocenters. The van der Waals surface area contributed by atoms with Gasteiger partial charge in [0.2, 0.25) is 0 Å². The topological polar surface area (TPSA) is 21.3 Å². The zero-order chi connectivity index (χ0) is 9.42. The maximum atomic E-state index is 5.35. The molecule has 0 spiro atoms. The van der Waals surface area contributed by atoms with Gasteiger partial charge in [-0.2, -0.15) is 0 Å². The third-order valence-corrected chi connectivity index (χ3v) is 3.13. The number of rotatable bonds is 1. The van der Waals surface area contributed by atoms with E-state index in [1.807, 2.05) is 6.07 Å². The lowest BCUT2D eigenvalue weighted by Gasteiger charge is -2.09. The molecule has 0 aromatic heterocycles. The molecular formula is C10H13BrClNO. The summed E-state index contributed by atoms with van der Waals surface area (Å²) in [7, 11) is 1.71. The number of hydrogen-bond acceptors (Lipinski definition) is 2. The Morgan fingerprint density at radius 3 is 2.86 bits per heavy atom. The van der Waals surface area contributed by atoms with Crippen LogP contribution in [0.25, 0.3) is 0 Å². The first-order chi connectivity index (χ1) is 6.24. The molecule has 2 nitrogen and oxygen atoms in total. The predicted octanol–water partition coefficient (Wildman–Crippen LogP) is 3.04. The van der Waals surface area contributed by atoms with Crippen molar-refractivity contribution in [3.8, 4) is 5.75 Å². The van der Waals surface area contributed by atoms with E-state index in [2.05, 4.69) is 34.2 Å². The highest BCUT2D eigenvalue weighted by molar-refractivity contribution is 9.10. The van der Waals surface area contributed by atoms with Crippen molar-refractivity contribution in [2.24, 2.45) is 0 Å². The van der Waals surface area contributed by atoms with E-state index in [9.17, 15) is 0 Å². The SMILES string of the molecule is COc1c(Br)ccc2c1CN[C@H]2C.Cl. The van der Waals surface area contributed by atoms with Gasteiger partial charge in [0.05, 0.1) is 11.6 Å². The molecule has 2 rings (SSSR count). The molecule has 1 aliphatic rings. The van der Waals surface area contributed by atoms with Gasteiger partial charge in [0, 0.05) is 18.2 Å². The van der Waals surface area contributed by atoms with Crippen molar-refractivity contribution in [1.82, 2.24) is 5.32 Å². The van der Waals surface area contributed by atoms with Gasteiger partial charge in [0.25, 0.3) is 0 Å². The zero-order valence-electron chi connectivity index (χ0n) is 8.13. The number of fused-ring (bicyclic) bond motifs is 1. The molecule has 1 aromatic rings. The van der Waals surface area contributed by atoms with Gasteiger partial charge in [-0.15, -0.1) is 12.4 Å². The lowest BCUT2D eigenvalue weighted by molar-refractivity contribution is 0.407. The van der Waals surface area contributed by atoms with Gasteiger partial charge < -0.3 is 10.1 Å². The Hall–Kier alpha value is -0.250. The van der Waals surface area contributed by atoms with Gasteiger partial charge in [-0.3, -0.25) is 0 Å². The van der Waals surface area contributed by atoms with Crippen molar-refractivity contribution in [1.29, 1.82) is 0 Å². The second kappa shape index (κ2) is 4.51.